The first-order chi connectivity index (χ1) is 9.01. The summed E-state index contributed by atoms with van der Waals surface area (Å²) < 4.78 is 11.6. The Kier molecular flexibility index (Phi) is 3.14. The molecule has 0 aromatic carbocycles. The van der Waals surface area contributed by atoms with Gasteiger partial charge in [-0.25, -0.2) is 9.78 Å². The van der Waals surface area contributed by atoms with Gasteiger partial charge in [-0.2, -0.15) is 0 Å². The number of esters is 1. The molecule has 1 saturated heterocycles. The molecule has 0 N–H and O–H groups in total. The predicted molar refractivity (Wildman–Crippen MR) is 72.3 cm³/mol. The summed E-state index contributed by atoms with van der Waals surface area (Å²) in [7, 11) is 0. The van der Waals surface area contributed by atoms with Crippen LogP contribution in [0.25, 0.3) is 0 Å². The van der Waals surface area contributed by atoms with E-state index in [4.69, 9.17) is 9.47 Å². The van der Waals surface area contributed by atoms with Crippen molar-refractivity contribution < 1.29 is 14.3 Å². The normalized spacial score (nSPS) is 32.3. The Morgan fingerprint density at radius 3 is 3.05 bits per heavy atom. The minimum atomic E-state index is -0.234. The summed E-state index contributed by atoms with van der Waals surface area (Å²) in [6.45, 7) is 6.92. The Labute approximate surface area is 117 Å². The van der Waals surface area contributed by atoms with Crippen LogP contribution >= 0.6 is 11.3 Å². The van der Waals surface area contributed by atoms with E-state index in [1.54, 1.807) is 5.51 Å². The van der Waals surface area contributed by atoms with Gasteiger partial charge in [-0.05, 0) is 19.8 Å². The Bertz CT molecular complexity index is 497. The Morgan fingerprint density at radius 2 is 2.37 bits per heavy atom. The van der Waals surface area contributed by atoms with Gasteiger partial charge in [0.1, 0.15) is 11.0 Å². The summed E-state index contributed by atoms with van der Waals surface area (Å²) in [4.78, 5) is 16.9. The fraction of sp³-hybridized carbons (Fsp3) is 0.714. The Balaban J connectivity index is 1.73. The van der Waals surface area contributed by atoms with Gasteiger partial charge in [0.15, 0.2) is 0 Å². The minimum Gasteiger partial charge on any atom is -0.457 e. The zero-order valence-corrected chi connectivity index (χ0v) is 12.3. The van der Waals surface area contributed by atoms with Gasteiger partial charge in [0.25, 0.3) is 0 Å². The van der Waals surface area contributed by atoms with Crippen LogP contribution in [0.3, 0.4) is 0 Å². The van der Waals surface area contributed by atoms with Crippen LogP contribution in [0, 0.1) is 18.3 Å². The molecule has 0 radical (unpaired) electrons. The van der Waals surface area contributed by atoms with Crippen LogP contribution in [0.4, 0.5) is 0 Å². The molecule has 1 saturated carbocycles. The summed E-state index contributed by atoms with van der Waals surface area (Å²) in [6.07, 6.45) is 2.35. The average molecular weight is 281 g/mol. The van der Waals surface area contributed by atoms with Gasteiger partial charge >= 0.3 is 5.97 Å². The smallest absolute Gasteiger partial charge is 0.350 e. The maximum Gasteiger partial charge on any atom is 0.350 e. The molecule has 1 aromatic rings. The number of nitrogens with zero attached hydrogens (tertiary/aromatic N) is 1. The SMILES string of the molecule is Cc1ncsc1C(=O)OC1C2CCCOC2C1(C)C. The maximum absolute atomic E-state index is 12.2. The highest BCUT2D eigenvalue weighted by molar-refractivity contribution is 7.11. The molecule has 1 aliphatic carbocycles. The predicted octanol–water partition coefficient (Wildman–Crippen LogP) is 2.81. The second kappa shape index (κ2) is 4.56. The van der Waals surface area contributed by atoms with Crippen LogP contribution in [0.2, 0.25) is 0 Å². The van der Waals surface area contributed by atoms with Gasteiger partial charge < -0.3 is 9.47 Å². The fourth-order valence-electron chi connectivity index (χ4n) is 3.38. The van der Waals surface area contributed by atoms with Crippen molar-refractivity contribution in [2.75, 3.05) is 6.61 Å². The van der Waals surface area contributed by atoms with Crippen LogP contribution in [0.15, 0.2) is 5.51 Å². The van der Waals surface area contributed by atoms with E-state index in [-0.39, 0.29) is 23.6 Å². The van der Waals surface area contributed by atoms with Gasteiger partial charge in [-0.15, -0.1) is 11.3 Å². The first-order valence-corrected chi connectivity index (χ1v) is 7.62. The number of aromatic nitrogens is 1. The second-order valence-electron chi connectivity index (χ2n) is 6.01. The molecule has 4 nitrogen and oxygen atoms in total. The Hall–Kier alpha value is -0.940. The van der Waals surface area contributed by atoms with Crippen molar-refractivity contribution in [1.82, 2.24) is 4.98 Å². The molecule has 19 heavy (non-hydrogen) atoms. The van der Waals surface area contributed by atoms with Gasteiger partial charge in [0.2, 0.25) is 0 Å². The first-order valence-electron chi connectivity index (χ1n) is 6.74. The molecule has 1 aliphatic heterocycles. The zero-order valence-electron chi connectivity index (χ0n) is 11.5. The third-order valence-corrected chi connectivity index (χ3v) is 5.30. The van der Waals surface area contributed by atoms with Gasteiger partial charge in [0, 0.05) is 17.9 Å². The van der Waals surface area contributed by atoms with Crippen molar-refractivity contribution in [3.8, 4) is 0 Å². The zero-order chi connectivity index (χ0) is 13.6. The van der Waals surface area contributed by atoms with E-state index in [1.165, 1.54) is 11.3 Å². The Morgan fingerprint density at radius 1 is 1.58 bits per heavy atom. The molecule has 104 valence electrons. The number of hydrogen-bond donors (Lipinski definition) is 0. The summed E-state index contributed by atoms with van der Waals surface area (Å²) in [5.41, 5.74) is 2.35. The standard InChI is InChI=1S/C14H19NO3S/c1-8-10(19-7-15-8)13(16)18-12-9-5-4-6-17-11(9)14(12,2)3/h7,9,11-12H,4-6H2,1-3H3. The van der Waals surface area contributed by atoms with Crippen LogP contribution in [-0.2, 0) is 9.47 Å². The van der Waals surface area contributed by atoms with Crippen LogP contribution in [0.5, 0.6) is 0 Å². The molecule has 2 fully saturated rings. The van der Waals surface area contributed by atoms with Crippen LogP contribution in [-0.4, -0.2) is 29.8 Å². The number of aryl methyl sites for hydroxylation is 1. The largest absolute Gasteiger partial charge is 0.457 e. The van der Waals surface area contributed by atoms with Crippen molar-refractivity contribution in [3.63, 3.8) is 0 Å². The minimum absolute atomic E-state index is 0.0354. The number of rotatable bonds is 2. The maximum atomic E-state index is 12.2. The summed E-state index contributed by atoms with van der Waals surface area (Å²) >= 11 is 1.35. The van der Waals surface area contributed by atoms with Crippen molar-refractivity contribution in [1.29, 1.82) is 0 Å². The van der Waals surface area contributed by atoms with E-state index < -0.39 is 0 Å². The third-order valence-electron chi connectivity index (χ3n) is 4.39. The third kappa shape index (κ3) is 1.99. The topological polar surface area (TPSA) is 48.4 Å². The molecule has 0 amide bonds. The molecule has 3 atom stereocenters. The van der Waals surface area contributed by atoms with Crippen molar-refractivity contribution in [3.05, 3.63) is 16.1 Å². The molecule has 2 aliphatic rings. The molecule has 3 rings (SSSR count). The lowest BCUT2D eigenvalue weighted by Crippen LogP contribution is -2.65. The number of carbonyl (C=O) groups is 1. The number of thiazole rings is 1. The highest BCUT2D eigenvalue weighted by Crippen LogP contribution is 2.53. The van der Waals surface area contributed by atoms with E-state index >= 15 is 0 Å². The average Bonchev–Trinajstić information content (AvgIpc) is 2.82. The van der Waals surface area contributed by atoms with Crippen LogP contribution in [0.1, 0.15) is 42.1 Å². The first kappa shape index (κ1) is 13.1. The summed E-state index contributed by atoms with van der Waals surface area (Å²) in [5, 5.41) is 0. The van der Waals surface area contributed by atoms with E-state index in [1.807, 2.05) is 6.92 Å². The molecule has 5 heteroatoms. The molecule has 0 spiro atoms. The van der Waals surface area contributed by atoms with E-state index in [0.717, 1.165) is 25.1 Å². The lowest BCUT2D eigenvalue weighted by molar-refractivity contribution is -0.243. The van der Waals surface area contributed by atoms with E-state index in [0.29, 0.717) is 10.8 Å². The van der Waals surface area contributed by atoms with Gasteiger partial charge in [-0.3, -0.25) is 0 Å². The van der Waals surface area contributed by atoms with Crippen molar-refractivity contribution in [2.45, 2.75) is 45.8 Å². The molecular formula is C14H19NO3S. The molecular weight excluding hydrogens is 262 g/mol. The highest BCUT2D eigenvalue weighted by atomic mass is 32.1. The molecule has 2 heterocycles. The molecule has 1 aromatic heterocycles. The van der Waals surface area contributed by atoms with Crippen LogP contribution < -0.4 is 0 Å². The number of fused-ring (bicyclic) bond motifs is 1. The number of carbonyl (C=O) groups excluding carboxylic acids is 1. The van der Waals surface area contributed by atoms with E-state index in [2.05, 4.69) is 18.8 Å². The quantitative estimate of drug-likeness (QED) is 0.782. The molecule has 0 bridgehead atoms. The number of ether oxygens (including phenoxy) is 2. The molecule has 3 unspecified atom stereocenters. The second-order valence-corrected chi connectivity index (χ2v) is 6.87. The lowest BCUT2D eigenvalue weighted by Gasteiger charge is -2.58. The fourth-order valence-corrected chi connectivity index (χ4v) is 4.07. The highest BCUT2D eigenvalue weighted by Gasteiger charge is 2.60. The van der Waals surface area contributed by atoms with Crippen molar-refractivity contribution >= 4 is 17.3 Å². The summed E-state index contributed by atoms with van der Waals surface area (Å²) in [5.74, 6) is 0.128. The lowest BCUT2D eigenvalue weighted by atomic mass is 9.57. The van der Waals surface area contributed by atoms with E-state index in [9.17, 15) is 4.79 Å². The monoisotopic (exact) mass is 281 g/mol. The van der Waals surface area contributed by atoms with Gasteiger partial charge in [-0.1, -0.05) is 13.8 Å². The number of hydrogen-bond acceptors (Lipinski definition) is 5. The summed E-state index contributed by atoms with van der Waals surface area (Å²) in [6, 6.07) is 0. The van der Waals surface area contributed by atoms with Crippen molar-refractivity contribution in [2.24, 2.45) is 11.3 Å². The van der Waals surface area contributed by atoms with Gasteiger partial charge in [0.05, 0.1) is 17.3 Å².